The third-order valence-corrected chi connectivity index (χ3v) is 8.88. The van der Waals surface area contributed by atoms with Gasteiger partial charge in [0.1, 0.15) is 17.9 Å². The quantitative estimate of drug-likeness (QED) is 0.188. The van der Waals surface area contributed by atoms with Crippen molar-refractivity contribution >= 4 is 11.5 Å². The van der Waals surface area contributed by atoms with Gasteiger partial charge in [-0.25, -0.2) is 9.78 Å². The molecule has 46 heavy (non-hydrogen) atoms. The van der Waals surface area contributed by atoms with Crippen LogP contribution in [0.5, 0.6) is 5.88 Å². The molecule has 0 saturated carbocycles. The van der Waals surface area contributed by atoms with E-state index in [1.54, 1.807) is 13.0 Å². The molecule has 0 aliphatic carbocycles. The maximum absolute atomic E-state index is 11.8. The zero-order valence-corrected chi connectivity index (χ0v) is 28.1. The van der Waals surface area contributed by atoms with E-state index in [1.165, 1.54) is 27.6 Å². The van der Waals surface area contributed by atoms with Crippen molar-refractivity contribution in [2.24, 2.45) is 0 Å². The number of carboxylic acids is 1. The summed E-state index contributed by atoms with van der Waals surface area (Å²) >= 11 is 0. The number of carbonyl (C=O) groups is 1. The Labute approximate surface area is 271 Å². The van der Waals surface area contributed by atoms with Crippen molar-refractivity contribution in [3.05, 3.63) is 87.4 Å². The highest BCUT2D eigenvalue weighted by molar-refractivity contribution is 5.90. The number of carboxylic acid groups (broad SMARTS) is 1. The molecule has 0 radical (unpaired) electrons. The van der Waals surface area contributed by atoms with E-state index in [-0.39, 0.29) is 17.5 Å². The molecule has 3 aromatic rings. The Hall–Kier alpha value is -3.99. The standard InChI is InChI=1S/C36H46N4O6/c1-8-23(4)33(28(9-2)31-12-11-13-32(38-31)40-34(43-10-3)30(18-37-40)35(41)42)44-20-26-15-14-25-19-39(17-16-29(25)24(26)5)27-21-45-36(6,7)46-22-27/h9,11-15,18,27H,8,10,16-17,19-22H2,1-7H3,(H,41,42)/b28-9-,33-23+. The number of benzene rings is 1. The molecule has 2 aromatic heterocycles. The number of rotatable bonds is 11. The second-order valence-corrected chi connectivity index (χ2v) is 12.2. The molecule has 2 aliphatic rings. The van der Waals surface area contributed by atoms with Crippen LogP contribution in [0.1, 0.15) is 86.3 Å². The van der Waals surface area contributed by atoms with Crippen LogP contribution in [0.3, 0.4) is 0 Å². The van der Waals surface area contributed by atoms with Gasteiger partial charge in [0.2, 0.25) is 5.88 Å². The average Bonchev–Trinajstić information content (AvgIpc) is 3.47. The third-order valence-electron chi connectivity index (χ3n) is 8.88. The number of hydrogen-bond donors (Lipinski definition) is 1. The molecule has 0 spiro atoms. The number of pyridine rings is 1. The summed E-state index contributed by atoms with van der Waals surface area (Å²) in [6.45, 7) is 18.0. The molecule has 1 fully saturated rings. The lowest BCUT2D eigenvalue weighted by Gasteiger charge is -2.42. The molecule has 0 unspecified atom stereocenters. The van der Waals surface area contributed by atoms with E-state index in [0.29, 0.717) is 37.9 Å². The lowest BCUT2D eigenvalue weighted by Crippen LogP contribution is -2.51. The van der Waals surface area contributed by atoms with Crippen LogP contribution in [0.25, 0.3) is 11.4 Å². The second kappa shape index (κ2) is 14.2. The summed E-state index contributed by atoms with van der Waals surface area (Å²) in [5.74, 6) is -0.229. The largest absolute Gasteiger partial charge is 0.488 e. The van der Waals surface area contributed by atoms with Crippen LogP contribution in [0.2, 0.25) is 0 Å². The van der Waals surface area contributed by atoms with Gasteiger partial charge in [-0.1, -0.05) is 31.2 Å². The average molecular weight is 631 g/mol. The van der Waals surface area contributed by atoms with E-state index < -0.39 is 11.8 Å². The molecule has 0 amide bonds. The Bertz CT molecular complexity index is 1630. The first kappa shape index (κ1) is 33.4. The fourth-order valence-electron chi connectivity index (χ4n) is 6.02. The van der Waals surface area contributed by atoms with Crippen molar-refractivity contribution in [2.45, 2.75) is 86.3 Å². The van der Waals surface area contributed by atoms with Gasteiger partial charge >= 0.3 is 5.97 Å². The summed E-state index contributed by atoms with van der Waals surface area (Å²) in [6.07, 6.45) is 5.08. The van der Waals surface area contributed by atoms with Crippen molar-refractivity contribution in [2.75, 3.05) is 26.4 Å². The van der Waals surface area contributed by atoms with Crippen LogP contribution in [-0.2, 0) is 33.8 Å². The molecule has 4 heterocycles. The first-order valence-electron chi connectivity index (χ1n) is 16.1. The highest BCUT2D eigenvalue weighted by Gasteiger charge is 2.33. The van der Waals surface area contributed by atoms with Crippen molar-refractivity contribution in [1.82, 2.24) is 19.7 Å². The Morgan fingerprint density at radius 1 is 1.17 bits per heavy atom. The van der Waals surface area contributed by atoms with Gasteiger partial charge < -0.3 is 24.1 Å². The first-order chi connectivity index (χ1) is 22.1. The number of aromatic nitrogens is 3. The van der Waals surface area contributed by atoms with Gasteiger partial charge in [0.25, 0.3) is 0 Å². The minimum absolute atomic E-state index is 0.0137. The lowest BCUT2D eigenvalue weighted by atomic mass is 9.91. The monoisotopic (exact) mass is 630 g/mol. The van der Waals surface area contributed by atoms with E-state index in [0.717, 1.165) is 48.4 Å². The summed E-state index contributed by atoms with van der Waals surface area (Å²) < 4.78 is 25.6. The maximum atomic E-state index is 11.8. The van der Waals surface area contributed by atoms with Crippen molar-refractivity contribution < 1.29 is 28.8 Å². The van der Waals surface area contributed by atoms with E-state index >= 15 is 0 Å². The number of nitrogens with zero attached hydrogens (tertiary/aromatic N) is 4. The normalized spacial score (nSPS) is 17.8. The van der Waals surface area contributed by atoms with Gasteiger partial charge in [0.15, 0.2) is 11.6 Å². The Morgan fingerprint density at radius 2 is 1.93 bits per heavy atom. The fourth-order valence-corrected chi connectivity index (χ4v) is 6.02. The predicted octanol–water partition coefficient (Wildman–Crippen LogP) is 6.49. The minimum Gasteiger partial charge on any atom is -0.488 e. The molecule has 1 aromatic carbocycles. The molecular formula is C36H46N4O6. The molecule has 10 heteroatoms. The maximum Gasteiger partial charge on any atom is 0.342 e. The molecule has 10 nitrogen and oxygen atoms in total. The molecular weight excluding hydrogens is 584 g/mol. The second-order valence-electron chi connectivity index (χ2n) is 12.2. The number of ether oxygens (including phenoxy) is 4. The zero-order chi connectivity index (χ0) is 33.0. The molecule has 5 rings (SSSR count). The zero-order valence-electron chi connectivity index (χ0n) is 28.1. The van der Waals surface area contributed by atoms with Crippen molar-refractivity contribution in [3.63, 3.8) is 0 Å². The number of hydrogen-bond acceptors (Lipinski definition) is 8. The van der Waals surface area contributed by atoms with E-state index in [2.05, 4.69) is 42.9 Å². The smallest absolute Gasteiger partial charge is 0.342 e. The molecule has 246 valence electrons. The van der Waals surface area contributed by atoms with Gasteiger partial charge in [-0.2, -0.15) is 9.78 Å². The molecule has 0 atom stereocenters. The summed E-state index contributed by atoms with van der Waals surface area (Å²) in [7, 11) is 0. The Balaban J connectivity index is 1.35. The SMILES string of the molecule is C/C=C(\C(OCc1ccc2c(c1C)CCN(C1COC(C)(C)OC1)C2)=C(\C)CC)c1cccc(-n2ncc(C(=O)O)c2OCC)n1. The lowest BCUT2D eigenvalue weighted by molar-refractivity contribution is -0.264. The highest BCUT2D eigenvalue weighted by Crippen LogP contribution is 2.32. The minimum atomic E-state index is -1.11. The van der Waals surface area contributed by atoms with Crippen LogP contribution >= 0.6 is 0 Å². The molecule has 2 aliphatic heterocycles. The van der Waals surface area contributed by atoms with Crippen LogP contribution in [0.15, 0.2) is 53.9 Å². The van der Waals surface area contributed by atoms with Gasteiger partial charge in [-0.05, 0) is 94.3 Å². The number of fused-ring (bicyclic) bond motifs is 1. The van der Waals surface area contributed by atoms with Gasteiger partial charge in [-0.3, -0.25) is 4.90 Å². The van der Waals surface area contributed by atoms with Gasteiger partial charge in [0, 0.05) is 18.7 Å². The van der Waals surface area contributed by atoms with Gasteiger partial charge in [-0.15, -0.1) is 0 Å². The molecule has 1 N–H and O–H groups in total. The highest BCUT2D eigenvalue weighted by atomic mass is 16.7. The summed E-state index contributed by atoms with van der Waals surface area (Å²) in [4.78, 5) is 19.1. The fraction of sp³-hybridized carbons (Fsp3) is 0.472. The van der Waals surface area contributed by atoms with Crippen LogP contribution < -0.4 is 4.74 Å². The number of allylic oxidation sites excluding steroid dienone is 3. The number of aromatic carboxylic acids is 1. The summed E-state index contributed by atoms with van der Waals surface area (Å²) in [6, 6.07) is 10.3. The van der Waals surface area contributed by atoms with Crippen molar-refractivity contribution in [1.29, 1.82) is 0 Å². The van der Waals surface area contributed by atoms with Crippen LogP contribution in [-0.4, -0.2) is 68.9 Å². The van der Waals surface area contributed by atoms with E-state index in [9.17, 15) is 9.90 Å². The Morgan fingerprint density at radius 3 is 2.61 bits per heavy atom. The van der Waals surface area contributed by atoms with Gasteiger partial charge in [0.05, 0.1) is 37.8 Å². The molecule has 0 bridgehead atoms. The van der Waals surface area contributed by atoms with Crippen LogP contribution in [0, 0.1) is 6.92 Å². The Kier molecular flexibility index (Phi) is 10.3. The molecule has 1 saturated heterocycles. The van der Waals surface area contributed by atoms with Crippen molar-refractivity contribution in [3.8, 4) is 11.7 Å². The summed E-state index contributed by atoms with van der Waals surface area (Å²) in [5, 5.41) is 13.9. The summed E-state index contributed by atoms with van der Waals surface area (Å²) in [5.41, 5.74) is 7.84. The first-order valence-corrected chi connectivity index (χ1v) is 16.1. The third kappa shape index (κ3) is 7.04. The predicted molar refractivity (Wildman–Crippen MR) is 176 cm³/mol. The van der Waals surface area contributed by atoms with Crippen LogP contribution in [0.4, 0.5) is 0 Å². The van der Waals surface area contributed by atoms with E-state index in [1.807, 2.05) is 39.0 Å². The van der Waals surface area contributed by atoms with E-state index in [4.69, 9.17) is 23.9 Å². The topological polar surface area (TPSA) is 108 Å².